The first-order valence-electron chi connectivity index (χ1n) is 11.1. The zero-order valence-electron chi connectivity index (χ0n) is 19.4. The van der Waals surface area contributed by atoms with Crippen LogP contribution in [0.4, 0.5) is 0 Å². The molecule has 2 aromatic rings. The quantitative estimate of drug-likeness (QED) is 0.280. The number of rotatable bonds is 7. The molecule has 1 aliphatic heterocycles. The Kier molecular flexibility index (Phi) is 7.53. The third kappa shape index (κ3) is 5.17. The zero-order chi connectivity index (χ0) is 22.7. The number of carbonyl (C=O) groups excluding carboxylic acids is 1. The average molecular weight is 445 g/mol. The molecule has 31 heavy (non-hydrogen) atoms. The number of alkyl halides is 1. The molecule has 1 aliphatic rings. The first kappa shape index (κ1) is 23.5. The van der Waals surface area contributed by atoms with E-state index in [1.807, 2.05) is 39.8 Å². The lowest BCUT2D eigenvalue weighted by molar-refractivity contribution is -0.132. The highest BCUT2D eigenvalue weighted by molar-refractivity contribution is 6.20. The Morgan fingerprint density at radius 1 is 1.16 bits per heavy atom. The van der Waals surface area contributed by atoms with Crippen LogP contribution in [0.2, 0.25) is 0 Å². The number of esters is 1. The van der Waals surface area contributed by atoms with Crippen LogP contribution in [0.25, 0.3) is 0 Å². The van der Waals surface area contributed by atoms with Crippen molar-refractivity contribution in [2.75, 3.05) is 6.61 Å². The van der Waals surface area contributed by atoms with Crippen LogP contribution in [-0.4, -0.2) is 24.1 Å². The fraction of sp³-hybridized carbons (Fsp3) is 0.500. The van der Waals surface area contributed by atoms with E-state index in [1.165, 1.54) is 12.5 Å². The second-order valence-electron chi connectivity index (χ2n) is 8.46. The van der Waals surface area contributed by atoms with Crippen molar-refractivity contribution in [3.63, 3.8) is 0 Å². The van der Waals surface area contributed by atoms with Crippen molar-refractivity contribution in [2.45, 2.75) is 78.2 Å². The van der Waals surface area contributed by atoms with Crippen molar-refractivity contribution in [1.82, 2.24) is 0 Å². The summed E-state index contributed by atoms with van der Waals surface area (Å²) in [5, 5.41) is 0.101. The highest BCUT2D eigenvalue weighted by Crippen LogP contribution is 2.41. The molecular weight excluding hydrogens is 412 g/mol. The Bertz CT molecular complexity index is 934. The van der Waals surface area contributed by atoms with Gasteiger partial charge in [0.2, 0.25) is 0 Å². The fourth-order valence-electron chi connectivity index (χ4n) is 4.39. The average Bonchev–Trinajstić information content (AvgIpc) is 2.74. The molecule has 2 aromatic carbocycles. The molecule has 0 spiro atoms. The molecule has 0 radical (unpaired) electrons. The molecule has 0 amide bonds. The van der Waals surface area contributed by atoms with E-state index in [0.717, 1.165) is 53.0 Å². The van der Waals surface area contributed by atoms with E-state index in [2.05, 4.69) is 19.1 Å². The topological polar surface area (TPSA) is 44.8 Å². The van der Waals surface area contributed by atoms with Crippen LogP contribution in [0.15, 0.2) is 24.3 Å². The summed E-state index contributed by atoms with van der Waals surface area (Å²) in [5.41, 5.74) is 5.32. The molecule has 5 heteroatoms. The van der Waals surface area contributed by atoms with Crippen LogP contribution in [0.3, 0.4) is 0 Å². The Hall–Kier alpha value is -2.20. The maximum Gasteiger partial charge on any atom is 0.308 e. The number of ether oxygens (including phenoxy) is 3. The molecule has 168 valence electrons. The lowest BCUT2D eigenvalue weighted by atomic mass is 9.91. The summed E-state index contributed by atoms with van der Waals surface area (Å²) in [6, 6.07) is 8.23. The predicted octanol–water partition coefficient (Wildman–Crippen LogP) is 6.43. The number of hydrogen-bond acceptors (Lipinski definition) is 4. The summed E-state index contributed by atoms with van der Waals surface area (Å²) >= 11 is 6.32. The SMILES string of the molecule is CCC(c1ccc(OCC2CCc3c(C)c(OC(C)=O)c(C)c(C)c3O2)cc1)C(C)Cl. The Labute approximate surface area is 190 Å². The predicted molar refractivity (Wildman–Crippen MR) is 125 cm³/mol. The standard InChI is InChI=1S/C26H33ClO4/c1-7-23(18(5)27)20-8-10-21(11-9-20)29-14-22-12-13-24-17(4)25(30-19(6)28)15(2)16(3)26(24)31-22/h8-11,18,22-23H,7,12-14H2,1-6H3. The maximum absolute atomic E-state index is 11.5. The molecule has 0 bridgehead atoms. The maximum atomic E-state index is 11.5. The van der Waals surface area contributed by atoms with Gasteiger partial charge in [-0.1, -0.05) is 19.1 Å². The second-order valence-corrected chi connectivity index (χ2v) is 9.14. The lowest BCUT2D eigenvalue weighted by Gasteiger charge is -2.30. The molecule has 3 unspecified atom stereocenters. The van der Waals surface area contributed by atoms with Crippen molar-refractivity contribution < 1.29 is 19.0 Å². The largest absolute Gasteiger partial charge is 0.490 e. The van der Waals surface area contributed by atoms with Crippen LogP contribution in [0.1, 0.15) is 67.3 Å². The van der Waals surface area contributed by atoms with Gasteiger partial charge in [-0.05, 0) is 87.3 Å². The molecule has 0 N–H and O–H groups in total. The van der Waals surface area contributed by atoms with Crippen molar-refractivity contribution >= 4 is 17.6 Å². The zero-order valence-corrected chi connectivity index (χ0v) is 20.1. The highest BCUT2D eigenvalue weighted by atomic mass is 35.5. The van der Waals surface area contributed by atoms with E-state index in [1.54, 1.807) is 0 Å². The number of carbonyl (C=O) groups is 1. The molecule has 0 aromatic heterocycles. The summed E-state index contributed by atoms with van der Waals surface area (Å²) < 4.78 is 17.8. The molecule has 4 nitrogen and oxygen atoms in total. The lowest BCUT2D eigenvalue weighted by Crippen LogP contribution is -2.30. The van der Waals surface area contributed by atoms with Crippen LogP contribution in [-0.2, 0) is 11.2 Å². The third-order valence-electron chi connectivity index (χ3n) is 6.30. The third-order valence-corrected chi connectivity index (χ3v) is 6.60. The normalized spacial score (nSPS) is 17.3. The van der Waals surface area contributed by atoms with E-state index < -0.39 is 0 Å². The first-order valence-corrected chi connectivity index (χ1v) is 11.5. The van der Waals surface area contributed by atoms with Crippen molar-refractivity contribution in [1.29, 1.82) is 0 Å². The number of hydrogen-bond donors (Lipinski definition) is 0. The number of benzene rings is 2. The van der Waals surface area contributed by atoms with Crippen molar-refractivity contribution in [3.8, 4) is 17.2 Å². The molecule has 0 fully saturated rings. The smallest absolute Gasteiger partial charge is 0.308 e. The Morgan fingerprint density at radius 2 is 1.84 bits per heavy atom. The highest BCUT2D eigenvalue weighted by Gasteiger charge is 2.27. The Morgan fingerprint density at radius 3 is 2.42 bits per heavy atom. The monoisotopic (exact) mass is 444 g/mol. The molecule has 0 saturated carbocycles. The summed E-state index contributed by atoms with van der Waals surface area (Å²) in [4.78, 5) is 11.5. The van der Waals surface area contributed by atoms with E-state index >= 15 is 0 Å². The van der Waals surface area contributed by atoms with E-state index in [9.17, 15) is 4.79 Å². The molecular formula is C26H33ClO4. The minimum Gasteiger partial charge on any atom is -0.490 e. The van der Waals surface area contributed by atoms with Crippen LogP contribution < -0.4 is 14.2 Å². The van der Waals surface area contributed by atoms with Gasteiger partial charge in [-0.3, -0.25) is 4.79 Å². The number of halogens is 1. The van der Waals surface area contributed by atoms with Gasteiger partial charge < -0.3 is 14.2 Å². The minimum atomic E-state index is -0.301. The van der Waals surface area contributed by atoms with Crippen molar-refractivity contribution in [3.05, 3.63) is 52.1 Å². The summed E-state index contributed by atoms with van der Waals surface area (Å²) in [6.07, 6.45) is 2.72. The fourth-order valence-corrected chi connectivity index (χ4v) is 4.71. The second kappa shape index (κ2) is 9.95. The summed E-state index contributed by atoms with van der Waals surface area (Å²) in [5.74, 6) is 2.46. The van der Waals surface area contributed by atoms with Gasteiger partial charge >= 0.3 is 5.97 Å². The Balaban J connectivity index is 1.69. The van der Waals surface area contributed by atoms with Gasteiger partial charge in [-0.15, -0.1) is 11.6 Å². The summed E-state index contributed by atoms with van der Waals surface area (Å²) in [7, 11) is 0. The van der Waals surface area contributed by atoms with Gasteiger partial charge in [0, 0.05) is 17.9 Å². The van der Waals surface area contributed by atoms with Gasteiger partial charge in [0.15, 0.2) is 0 Å². The van der Waals surface area contributed by atoms with Crippen molar-refractivity contribution in [2.24, 2.45) is 0 Å². The molecule has 0 saturated heterocycles. The van der Waals surface area contributed by atoms with Crippen LogP contribution in [0, 0.1) is 20.8 Å². The van der Waals surface area contributed by atoms with E-state index in [-0.39, 0.29) is 17.5 Å². The van der Waals surface area contributed by atoms with Gasteiger partial charge in [-0.25, -0.2) is 0 Å². The first-order chi connectivity index (χ1) is 14.7. The van der Waals surface area contributed by atoms with E-state index in [4.69, 9.17) is 25.8 Å². The molecule has 0 aliphatic carbocycles. The van der Waals surface area contributed by atoms with Crippen LogP contribution in [0.5, 0.6) is 17.2 Å². The molecule has 1 heterocycles. The van der Waals surface area contributed by atoms with Gasteiger partial charge in [0.1, 0.15) is 30.0 Å². The van der Waals surface area contributed by atoms with Gasteiger partial charge in [0.25, 0.3) is 0 Å². The molecule has 3 atom stereocenters. The van der Waals surface area contributed by atoms with Crippen LogP contribution >= 0.6 is 11.6 Å². The minimum absolute atomic E-state index is 0.0180. The van der Waals surface area contributed by atoms with Gasteiger partial charge in [0.05, 0.1) is 0 Å². The summed E-state index contributed by atoms with van der Waals surface area (Å²) in [6.45, 7) is 12.1. The number of fused-ring (bicyclic) bond motifs is 1. The van der Waals surface area contributed by atoms with E-state index in [0.29, 0.717) is 18.3 Å². The van der Waals surface area contributed by atoms with Gasteiger partial charge in [-0.2, -0.15) is 0 Å². The molecule has 3 rings (SSSR count).